The number of methoxy groups -OCH3 is 1. The number of terminal acetylenes is 1. The third-order valence-corrected chi connectivity index (χ3v) is 11.4. The van der Waals surface area contributed by atoms with E-state index in [4.69, 9.17) is 25.6 Å². The quantitative estimate of drug-likeness (QED) is 0.142. The molecule has 1 N–H and O–H groups in total. The minimum Gasteiger partial charge on any atom is -0.468 e. The molecule has 1 amide bonds. The lowest BCUT2D eigenvalue weighted by atomic mass is 9.92. The molecule has 2 aromatic carbocycles. The number of anilines is 1. The van der Waals surface area contributed by atoms with Gasteiger partial charge in [-0.15, -0.1) is 6.42 Å². The number of ether oxygens (including phenoxy) is 3. The SMILES string of the molecule is C#Cc1c(F)ccc2cc(OCOC)cc(-c3ncc4c(N5CC6CCC(C5)N6C(=O)O)nc(OCC56CC(=C)CN5[C@H]5C[C@H]5C6)nc4c3F)c12. The molecule has 5 fully saturated rings. The number of benzene rings is 2. The number of amides is 1. The predicted octanol–water partition coefficient (Wildman–Crippen LogP) is 5.59. The van der Waals surface area contributed by atoms with Crippen LogP contribution in [0.3, 0.4) is 0 Å². The van der Waals surface area contributed by atoms with Gasteiger partial charge in [-0.3, -0.25) is 14.8 Å². The number of hydrogen-bond donors (Lipinski definition) is 1. The van der Waals surface area contributed by atoms with E-state index in [1.165, 1.54) is 36.3 Å². The average molecular weight is 695 g/mol. The molecule has 4 aromatic rings. The van der Waals surface area contributed by atoms with Crippen molar-refractivity contribution in [2.75, 3.05) is 45.0 Å². The molecule has 11 nitrogen and oxygen atoms in total. The van der Waals surface area contributed by atoms with Crippen LogP contribution >= 0.6 is 0 Å². The van der Waals surface area contributed by atoms with E-state index in [0.717, 1.165) is 32.2 Å². The highest BCUT2D eigenvalue weighted by molar-refractivity contribution is 6.03. The van der Waals surface area contributed by atoms with Crippen LogP contribution in [0.15, 0.2) is 42.6 Å². The van der Waals surface area contributed by atoms with Crippen molar-refractivity contribution in [2.45, 2.75) is 55.8 Å². The second-order valence-corrected chi connectivity index (χ2v) is 14.5. The Kier molecular flexibility index (Phi) is 7.35. The Balaban J connectivity index is 1.18. The molecule has 5 aliphatic rings. The summed E-state index contributed by atoms with van der Waals surface area (Å²) in [5.74, 6) is 2.47. The smallest absolute Gasteiger partial charge is 0.407 e. The third-order valence-electron chi connectivity index (χ3n) is 11.4. The van der Waals surface area contributed by atoms with Crippen molar-refractivity contribution in [3.8, 4) is 35.4 Å². The standard InChI is InChI=1S/C38H36F2N6O5/c1-4-26-29(39)8-5-21-9-25(51-19-49-3)11-27(31(21)26)33-32(40)34-28(14-41-33)35(44-16-23-6-7-24(17-44)46(23)37(47)48)43-36(42-34)50-18-38-12-20(2)15-45(38)30-10-22(30)13-38/h1,5,8-9,11,14,22-24,30H,2,6-7,10,12-13,15-19H2,3H3,(H,47,48)/t22-,23?,24?,30-,38?/m0/s1. The summed E-state index contributed by atoms with van der Waals surface area (Å²) in [5.41, 5.74) is 1.04. The number of carboxylic acid groups (broad SMARTS) is 1. The molecular weight excluding hydrogens is 658 g/mol. The van der Waals surface area contributed by atoms with Crippen molar-refractivity contribution in [1.82, 2.24) is 24.8 Å². The van der Waals surface area contributed by atoms with E-state index >= 15 is 8.78 Å². The molecule has 0 radical (unpaired) electrons. The van der Waals surface area contributed by atoms with Crippen molar-refractivity contribution in [3.05, 3.63) is 59.8 Å². The zero-order valence-corrected chi connectivity index (χ0v) is 28.1. The first-order valence-electron chi connectivity index (χ1n) is 17.2. The summed E-state index contributed by atoms with van der Waals surface area (Å²) >= 11 is 0. The second-order valence-electron chi connectivity index (χ2n) is 14.5. The van der Waals surface area contributed by atoms with Crippen molar-refractivity contribution < 1.29 is 32.9 Å². The molecule has 1 saturated carbocycles. The highest BCUT2D eigenvalue weighted by Crippen LogP contribution is 2.57. The number of carbonyl (C=O) groups is 1. The Morgan fingerprint density at radius 3 is 2.73 bits per heavy atom. The van der Waals surface area contributed by atoms with Crippen molar-refractivity contribution >= 4 is 33.6 Å². The van der Waals surface area contributed by atoms with Crippen LogP contribution in [0.5, 0.6) is 11.8 Å². The lowest BCUT2D eigenvalue weighted by Gasteiger charge is -2.40. The normalized spacial score (nSPS) is 26.4. The van der Waals surface area contributed by atoms with Crippen LogP contribution in [-0.2, 0) is 4.74 Å². The largest absolute Gasteiger partial charge is 0.468 e. The van der Waals surface area contributed by atoms with Gasteiger partial charge in [-0.2, -0.15) is 9.97 Å². The molecule has 1 aliphatic carbocycles. The Hall–Kier alpha value is -5.06. The molecule has 9 rings (SSSR count). The van der Waals surface area contributed by atoms with Crippen LogP contribution in [0.2, 0.25) is 0 Å². The monoisotopic (exact) mass is 694 g/mol. The van der Waals surface area contributed by atoms with Crippen LogP contribution in [0.25, 0.3) is 32.9 Å². The summed E-state index contributed by atoms with van der Waals surface area (Å²) in [7, 11) is 1.48. The summed E-state index contributed by atoms with van der Waals surface area (Å²) < 4.78 is 49.5. The minimum atomic E-state index is -0.945. The lowest BCUT2D eigenvalue weighted by Crippen LogP contribution is -2.55. The number of piperidine rings is 1. The van der Waals surface area contributed by atoms with Gasteiger partial charge in [-0.25, -0.2) is 13.6 Å². The van der Waals surface area contributed by atoms with E-state index in [1.54, 1.807) is 18.2 Å². The van der Waals surface area contributed by atoms with Gasteiger partial charge in [0.15, 0.2) is 12.6 Å². The fourth-order valence-corrected chi connectivity index (χ4v) is 9.26. The number of piperazine rings is 1. The van der Waals surface area contributed by atoms with Crippen LogP contribution in [0.1, 0.15) is 37.7 Å². The van der Waals surface area contributed by atoms with Gasteiger partial charge in [0.05, 0.1) is 28.6 Å². The maximum absolute atomic E-state index is 17.2. The first kappa shape index (κ1) is 31.9. The summed E-state index contributed by atoms with van der Waals surface area (Å²) in [4.78, 5) is 32.2. The maximum Gasteiger partial charge on any atom is 0.407 e. The van der Waals surface area contributed by atoms with E-state index in [1.807, 2.05) is 4.90 Å². The molecule has 51 heavy (non-hydrogen) atoms. The van der Waals surface area contributed by atoms with E-state index in [9.17, 15) is 9.90 Å². The summed E-state index contributed by atoms with van der Waals surface area (Å²) in [6.07, 6.45) is 10.8. The number of hydrogen-bond acceptors (Lipinski definition) is 9. The molecule has 4 saturated heterocycles. The summed E-state index contributed by atoms with van der Waals surface area (Å²) in [6, 6.07) is 6.17. The van der Waals surface area contributed by atoms with Crippen LogP contribution in [-0.4, -0.2) is 99.8 Å². The predicted molar refractivity (Wildman–Crippen MR) is 185 cm³/mol. The number of halogens is 2. The van der Waals surface area contributed by atoms with E-state index < -0.39 is 17.7 Å². The highest BCUT2D eigenvalue weighted by Gasteiger charge is 2.62. The number of aromatic nitrogens is 3. The molecule has 0 spiro atoms. The van der Waals surface area contributed by atoms with E-state index in [0.29, 0.717) is 59.4 Å². The third kappa shape index (κ3) is 5.06. The first-order valence-corrected chi connectivity index (χ1v) is 17.2. The Morgan fingerprint density at radius 1 is 1.18 bits per heavy atom. The number of rotatable bonds is 8. The van der Waals surface area contributed by atoms with Gasteiger partial charge in [-0.1, -0.05) is 24.1 Å². The van der Waals surface area contributed by atoms with Crippen LogP contribution < -0.4 is 14.4 Å². The van der Waals surface area contributed by atoms with E-state index in [2.05, 4.69) is 27.4 Å². The fraction of sp³-hybridized carbons (Fsp3) is 0.421. The number of fused-ring (bicyclic) bond motifs is 7. The van der Waals surface area contributed by atoms with Gasteiger partial charge in [-0.05, 0) is 61.6 Å². The number of nitrogens with zero attached hydrogens (tertiary/aromatic N) is 6. The minimum absolute atomic E-state index is 0.0198. The highest BCUT2D eigenvalue weighted by atomic mass is 19.1. The van der Waals surface area contributed by atoms with Gasteiger partial charge < -0.3 is 24.2 Å². The fourth-order valence-electron chi connectivity index (χ4n) is 9.26. The van der Waals surface area contributed by atoms with Crippen LogP contribution in [0.4, 0.5) is 19.4 Å². The molecule has 2 bridgehead atoms. The number of pyridine rings is 1. The molecule has 3 unspecified atom stereocenters. The topological polar surface area (TPSA) is 113 Å². The van der Waals surface area contributed by atoms with Gasteiger partial charge >= 0.3 is 12.1 Å². The van der Waals surface area contributed by atoms with Gasteiger partial charge in [0.25, 0.3) is 0 Å². The summed E-state index contributed by atoms with van der Waals surface area (Å²) in [6.45, 7) is 6.14. The first-order chi connectivity index (χ1) is 24.7. The molecule has 4 aliphatic heterocycles. The Bertz CT molecular complexity index is 2180. The van der Waals surface area contributed by atoms with E-state index in [-0.39, 0.29) is 52.8 Å². The zero-order chi connectivity index (χ0) is 35.2. The molecule has 13 heteroatoms. The molecule has 2 aromatic heterocycles. The van der Waals surface area contributed by atoms with Crippen LogP contribution in [0, 0.1) is 29.9 Å². The summed E-state index contributed by atoms with van der Waals surface area (Å²) in [5, 5.41) is 11.1. The van der Waals surface area contributed by atoms with Crippen molar-refractivity contribution in [2.24, 2.45) is 5.92 Å². The molecule has 6 heterocycles. The lowest BCUT2D eigenvalue weighted by molar-refractivity contribution is 0.0512. The Labute approximate surface area is 292 Å². The van der Waals surface area contributed by atoms with Crippen molar-refractivity contribution in [3.63, 3.8) is 0 Å². The van der Waals surface area contributed by atoms with Crippen molar-refractivity contribution in [1.29, 1.82) is 0 Å². The Morgan fingerprint density at radius 2 is 1.98 bits per heavy atom. The van der Waals surface area contributed by atoms with Gasteiger partial charge in [0, 0.05) is 49.9 Å². The molecule has 262 valence electrons. The van der Waals surface area contributed by atoms with Gasteiger partial charge in [0.1, 0.15) is 35.2 Å². The zero-order valence-electron chi connectivity index (χ0n) is 28.1. The van der Waals surface area contributed by atoms with Gasteiger partial charge in [0.2, 0.25) is 0 Å². The average Bonchev–Trinajstić information content (AvgIpc) is 3.58. The second kappa shape index (κ2) is 11.7. The molecular formula is C38H36F2N6O5. The maximum atomic E-state index is 17.2. The molecule has 5 atom stereocenters.